The fourth-order valence-electron chi connectivity index (χ4n) is 3.07. The van der Waals surface area contributed by atoms with Gasteiger partial charge in [-0.05, 0) is 50.1 Å². The molecule has 25 heavy (non-hydrogen) atoms. The number of rotatable bonds is 6. The van der Waals surface area contributed by atoms with Crippen LogP contribution in [0, 0.1) is 0 Å². The molecular weight excluding hydrogens is 314 g/mol. The van der Waals surface area contributed by atoms with Gasteiger partial charge >= 0.3 is 0 Å². The van der Waals surface area contributed by atoms with Gasteiger partial charge in [0.05, 0.1) is 25.0 Å². The van der Waals surface area contributed by atoms with Gasteiger partial charge in [-0.1, -0.05) is 12.8 Å². The standard InChI is InChI=1S/C19H27N5O/c1-3-20-19(22-15-6-4-5-7-15)21-14-16-12-13-24(23-16)17-8-10-18(25-2)11-9-17/h8-13,15H,3-7,14H2,1-2H3,(H2,20,21,22). The topological polar surface area (TPSA) is 63.5 Å². The van der Waals surface area contributed by atoms with E-state index in [1.165, 1.54) is 25.7 Å². The van der Waals surface area contributed by atoms with Gasteiger partial charge in [-0.2, -0.15) is 5.10 Å². The Morgan fingerprint density at radius 2 is 2.00 bits per heavy atom. The van der Waals surface area contributed by atoms with Gasteiger partial charge in [0, 0.05) is 18.8 Å². The molecule has 0 atom stereocenters. The molecule has 1 aromatic carbocycles. The molecule has 1 fully saturated rings. The van der Waals surface area contributed by atoms with Crippen LogP contribution in [0.4, 0.5) is 0 Å². The predicted octanol–water partition coefficient (Wildman–Crippen LogP) is 2.88. The van der Waals surface area contributed by atoms with Crippen molar-refractivity contribution in [3.63, 3.8) is 0 Å². The van der Waals surface area contributed by atoms with Crippen molar-refractivity contribution in [2.75, 3.05) is 13.7 Å². The van der Waals surface area contributed by atoms with Crippen LogP contribution in [-0.2, 0) is 6.54 Å². The lowest BCUT2D eigenvalue weighted by molar-refractivity contribution is 0.414. The first-order valence-electron chi connectivity index (χ1n) is 9.02. The van der Waals surface area contributed by atoms with E-state index in [9.17, 15) is 0 Å². The molecule has 1 saturated carbocycles. The molecule has 0 unspecified atom stereocenters. The summed E-state index contributed by atoms with van der Waals surface area (Å²) in [6.45, 7) is 3.51. The summed E-state index contributed by atoms with van der Waals surface area (Å²) < 4.78 is 7.05. The Balaban J connectivity index is 1.63. The quantitative estimate of drug-likeness (QED) is 0.626. The summed E-state index contributed by atoms with van der Waals surface area (Å²) in [7, 11) is 1.67. The highest BCUT2D eigenvalue weighted by Crippen LogP contribution is 2.17. The van der Waals surface area contributed by atoms with Crippen LogP contribution in [0.15, 0.2) is 41.5 Å². The largest absolute Gasteiger partial charge is 0.497 e. The lowest BCUT2D eigenvalue weighted by Gasteiger charge is -2.16. The number of hydrogen-bond donors (Lipinski definition) is 2. The Hall–Kier alpha value is -2.50. The van der Waals surface area contributed by atoms with Crippen molar-refractivity contribution in [1.29, 1.82) is 0 Å². The Labute approximate surface area is 149 Å². The molecule has 0 saturated heterocycles. The third-order valence-corrected chi connectivity index (χ3v) is 4.42. The van der Waals surface area contributed by atoms with Crippen LogP contribution in [0.2, 0.25) is 0 Å². The molecule has 0 spiro atoms. The van der Waals surface area contributed by atoms with Crippen molar-refractivity contribution in [1.82, 2.24) is 20.4 Å². The maximum atomic E-state index is 5.19. The predicted molar refractivity (Wildman–Crippen MR) is 100 cm³/mol. The normalized spacial score (nSPS) is 15.4. The Morgan fingerprint density at radius 3 is 2.68 bits per heavy atom. The van der Waals surface area contributed by atoms with Gasteiger partial charge in [0.1, 0.15) is 5.75 Å². The van der Waals surface area contributed by atoms with Gasteiger partial charge in [0.25, 0.3) is 0 Å². The second-order valence-electron chi connectivity index (χ2n) is 6.27. The van der Waals surface area contributed by atoms with Crippen molar-refractivity contribution in [3.8, 4) is 11.4 Å². The van der Waals surface area contributed by atoms with E-state index in [0.29, 0.717) is 12.6 Å². The molecule has 0 aliphatic heterocycles. The second kappa shape index (κ2) is 8.55. The maximum absolute atomic E-state index is 5.19. The van der Waals surface area contributed by atoms with Crippen LogP contribution in [0.3, 0.4) is 0 Å². The van der Waals surface area contributed by atoms with E-state index < -0.39 is 0 Å². The number of aromatic nitrogens is 2. The Bertz CT molecular complexity index is 686. The van der Waals surface area contributed by atoms with Crippen LogP contribution < -0.4 is 15.4 Å². The fourth-order valence-corrected chi connectivity index (χ4v) is 3.07. The highest BCUT2D eigenvalue weighted by Gasteiger charge is 2.15. The van der Waals surface area contributed by atoms with Gasteiger partial charge in [0.2, 0.25) is 0 Å². The summed E-state index contributed by atoms with van der Waals surface area (Å²) in [5, 5.41) is 11.5. The fraction of sp³-hybridized carbons (Fsp3) is 0.474. The number of methoxy groups -OCH3 is 1. The van der Waals surface area contributed by atoms with Crippen molar-refractivity contribution < 1.29 is 4.74 Å². The van der Waals surface area contributed by atoms with E-state index in [4.69, 9.17) is 4.74 Å². The van der Waals surface area contributed by atoms with Gasteiger partial charge in [0.15, 0.2) is 5.96 Å². The lowest BCUT2D eigenvalue weighted by atomic mass is 10.2. The van der Waals surface area contributed by atoms with E-state index >= 15 is 0 Å². The minimum absolute atomic E-state index is 0.551. The number of guanidine groups is 1. The first-order valence-corrected chi connectivity index (χ1v) is 9.02. The Kier molecular flexibility index (Phi) is 5.93. The number of benzene rings is 1. The summed E-state index contributed by atoms with van der Waals surface area (Å²) in [6.07, 6.45) is 7.05. The molecule has 6 heteroatoms. The third kappa shape index (κ3) is 4.75. The van der Waals surface area contributed by atoms with E-state index in [-0.39, 0.29) is 0 Å². The highest BCUT2D eigenvalue weighted by molar-refractivity contribution is 5.80. The molecule has 1 aliphatic carbocycles. The molecule has 2 aromatic rings. The molecule has 1 aliphatic rings. The molecule has 2 N–H and O–H groups in total. The minimum Gasteiger partial charge on any atom is -0.497 e. The summed E-state index contributed by atoms with van der Waals surface area (Å²) in [6, 6.07) is 10.4. The summed E-state index contributed by atoms with van der Waals surface area (Å²) in [4.78, 5) is 4.68. The van der Waals surface area contributed by atoms with Gasteiger partial charge < -0.3 is 15.4 Å². The number of nitrogens with one attached hydrogen (secondary N) is 2. The molecule has 3 rings (SSSR count). The van der Waals surface area contributed by atoms with Crippen LogP contribution in [0.5, 0.6) is 5.75 Å². The molecule has 134 valence electrons. The van der Waals surface area contributed by atoms with Crippen molar-refractivity contribution in [2.45, 2.75) is 45.2 Å². The third-order valence-electron chi connectivity index (χ3n) is 4.42. The van der Waals surface area contributed by atoms with E-state index in [1.54, 1.807) is 7.11 Å². The monoisotopic (exact) mass is 341 g/mol. The minimum atomic E-state index is 0.551. The number of aliphatic imine (C=N–C) groups is 1. The van der Waals surface area contributed by atoms with Crippen LogP contribution in [0.25, 0.3) is 5.69 Å². The zero-order chi connectivity index (χ0) is 17.5. The summed E-state index contributed by atoms with van der Waals surface area (Å²) in [5.41, 5.74) is 1.95. The molecular formula is C19H27N5O. The molecule has 1 heterocycles. The first-order chi connectivity index (χ1) is 12.3. The van der Waals surface area contributed by atoms with Crippen molar-refractivity contribution >= 4 is 5.96 Å². The average Bonchev–Trinajstić information content (AvgIpc) is 3.32. The van der Waals surface area contributed by atoms with E-state index in [2.05, 4.69) is 27.6 Å². The highest BCUT2D eigenvalue weighted by atomic mass is 16.5. The summed E-state index contributed by atoms with van der Waals surface area (Å²) in [5.74, 6) is 1.72. The SMILES string of the molecule is CCNC(=NCc1ccn(-c2ccc(OC)cc2)n1)NC1CCCC1. The van der Waals surface area contributed by atoms with Crippen molar-refractivity contribution in [3.05, 3.63) is 42.2 Å². The molecule has 0 radical (unpaired) electrons. The van der Waals surface area contributed by atoms with Crippen molar-refractivity contribution in [2.24, 2.45) is 4.99 Å². The number of hydrogen-bond acceptors (Lipinski definition) is 3. The van der Waals surface area contributed by atoms with Gasteiger partial charge in [-0.3, -0.25) is 0 Å². The molecule has 1 aromatic heterocycles. The van der Waals surface area contributed by atoms with Crippen LogP contribution in [-0.4, -0.2) is 35.4 Å². The number of ether oxygens (including phenoxy) is 1. The maximum Gasteiger partial charge on any atom is 0.191 e. The van der Waals surface area contributed by atoms with Crippen LogP contribution >= 0.6 is 0 Å². The van der Waals surface area contributed by atoms with Gasteiger partial charge in [-0.15, -0.1) is 0 Å². The van der Waals surface area contributed by atoms with Gasteiger partial charge in [-0.25, -0.2) is 9.67 Å². The zero-order valence-corrected chi connectivity index (χ0v) is 15.0. The van der Waals surface area contributed by atoms with E-state index in [1.807, 2.05) is 41.2 Å². The number of nitrogens with zero attached hydrogens (tertiary/aromatic N) is 3. The molecule has 0 amide bonds. The smallest absolute Gasteiger partial charge is 0.191 e. The molecule has 6 nitrogen and oxygen atoms in total. The van der Waals surface area contributed by atoms with Crippen LogP contribution in [0.1, 0.15) is 38.3 Å². The zero-order valence-electron chi connectivity index (χ0n) is 15.0. The second-order valence-corrected chi connectivity index (χ2v) is 6.27. The summed E-state index contributed by atoms with van der Waals surface area (Å²) >= 11 is 0. The average molecular weight is 341 g/mol. The Morgan fingerprint density at radius 1 is 1.24 bits per heavy atom. The lowest BCUT2D eigenvalue weighted by Crippen LogP contribution is -2.42. The van der Waals surface area contributed by atoms with E-state index in [0.717, 1.165) is 29.6 Å². The first kappa shape index (κ1) is 17.3. The molecule has 0 bridgehead atoms.